The van der Waals surface area contributed by atoms with Crippen molar-refractivity contribution >= 4 is 40.3 Å². The molecule has 3 atom stereocenters. The number of amides is 2. The summed E-state index contributed by atoms with van der Waals surface area (Å²) in [5, 5.41) is -0.923. The van der Waals surface area contributed by atoms with E-state index in [9.17, 15) is 18.6 Å². The van der Waals surface area contributed by atoms with Crippen LogP contribution < -0.4 is 4.90 Å². The van der Waals surface area contributed by atoms with Crippen LogP contribution in [0.2, 0.25) is 0 Å². The lowest BCUT2D eigenvalue weighted by atomic mass is 9.99. The van der Waals surface area contributed by atoms with Crippen LogP contribution in [0, 0.1) is 0 Å². The number of anilines is 1. The Bertz CT molecular complexity index is 1720. The molecule has 9 heteroatoms. The summed E-state index contributed by atoms with van der Waals surface area (Å²) in [5.74, 6) is -1.62. The Morgan fingerprint density at radius 1 is 0.886 bits per heavy atom. The van der Waals surface area contributed by atoms with Crippen molar-refractivity contribution in [1.29, 1.82) is 0 Å². The van der Waals surface area contributed by atoms with E-state index < -0.39 is 40.2 Å². The summed E-state index contributed by atoms with van der Waals surface area (Å²) in [7, 11) is -1.63. The van der Waals surface area contributed by atoms with Crippen molar-refractivity contribution in [3.05, 3.63) is 150 Å². The van der Waals surface area contributed by atoms with Crippen LogP contribution in [-0.2, 0) is 29.9 Å². The van der Waals surface area contributed by atoms with E-state index in [4.69, 9.17) is 4.74 Å². The van der Waals surface area contributed by atoms with E-state index in [0.29, 0.717) is 17.0 Å². The number of esters is 1. The molecule has 4 aromatic rings. The molecule has 220 valence electrons. The van der Waals surface area contributed by atoms with Gasteiger partial charge in [-0.3, -0.25) is 28.6 Å². The van der Waals surface area contributed by atoms with Gasteiger partial charge in [0.2, 0.25) is 5.91 Å². The largest absolute Gasteiger partial charge is 0.448 e. The number of β-lactam (4-membered cyclic amide) rings is 1. The zero-order valence-electron chi connectivity index (χ0n) is 23.9. The number of hydrogen-bond acceptors (Lipinski definition) is 6. The molecule has 2 unspecified atom stereocenters. The van der Waals surface area contributed by atoms with Gasteiger partial charge < -0.3 is 4.74 Å². The first-order valence-corrected chi connectivity index (χ1v) is 15.5. The van der Waals surface area contributed by atoms with Gasteiger partial charge in [0.15, 0.2) is 6.10 Å². The van der Waals surface area contributed by atoms with Crippen LogP contribution in [0.1, 0.15) is 29.8 Å². The van der Waals surface area contributed by atoms with Crippen molar-refractivity contribution in [2.45, 2.75) is 24.4 Å². The van der Waals surface area contributed by atoms with Crippen molar-refractivity contribution in [2.24, 2.45) is 0 Å². The molecule has 8 nitrogen and oxygen atoms in total. The van der Waals surface area contributed by atoms with Crippen molar-refractivity contribution in [3.63, 3.8) is 0 Å². The molecule has 0 N–H and O–H groups in total. The second-order valence-corrected chi connectivity index (χ2v) is 11.9. The van der Waals surface area contributed by atoms with Gasteiger partial charge in [-0.15, -0.1) is 0 Å². The number of fused-ring (bicyclic) bond motifs is 1. The summed E-state index contributed by atoms with van der Waals surface area (Å²) in [6, 6.07) is 31.9. The van der Waals surface area contributed by atoms with E-state index in [1.54, 1.807) is 54.7 Å². The number of pyridine rings is 1. The van der Waals surface area contributed by atoms with Gasteiger partial charge >= 0.3 is 5.97 Å². The van der Waals surface area contributed by atoms with Crippen molar-refractivity contribution in [3.8, 4) is 0 Å². The quantitative estimate of drug-likeness (QED) is 0.207. The molecule has 2 aliphatic heterocycles. The van der Waals surface area contributed by atoms with Crippen molar-refractivity contribution < 1.29 is 23.3 Å². The first kappa shape index (κ1) is 28.9. The number of carbonyl (C=O) groups is 3. The third-order valence-electron chi connectivity index (χ3n) is 7.54. The number of nitrogens with zero attached hydrogens (tertiary/aromatic N) is 3. The molecular formula is C35H29N3O5S. The highest BCUT2D eigenvalue weighted by Crippen LogP contribution is 2.41. The van der Waals surface area contributed by atoms with E-state index in [1.807, 2.05) is 72.8 Å². The number of para-hydroxylation sites is 1. The highest BCUT2D eigenvalue weighted by atomic mass is 32.2. The minimum Gasteiger partial charge on any atom is -0.448 e. The second-order valence-electron chi connectivity index (χ2n) is 10.4. The SMILES string of the molecule is CC(=O)N(c1ccccc1)C1C(=O)N2C(C(=O)OC(c3ccccc3)c3ccccc3)=C(C=Cc3ccccn3)CS(=O)[C@@H]12. The maximum absolute atomic E-state index is 14.2. The number of carbonyl (C=O) groups excluding carboxylic acids is 3. The Kier molecular flexibility index (Phi) is 8.29. The van der Waals surface area contributed by atoms with Crippen LogP contribution in [0.5, 0.6) is 0 Å². The van der Waals surface area contributed by atoms with Crippen LogP contribution in [0.15, 0.2) is 133 Å². The third kappa shape index (κ3) is 5.61. The zero-order chi connectivity index (χ0) is 30.6. The van der Waals surface area contributed by atoms with Gasteiger partial charge in [0.1, 0.15) is 17.1 Å². The molecule has 3 aromatic carbocycles. The number of benzene rings is 3. The monoisotopic (exact) mass is 603 g/mol. The van der Waals surface area contributed by atoms with Crippen molar-refractivity contribution in [2.75, 3.05) is 10.7 Å². The van der Waals surface area contributed by atoms with E-state index >= 15 is 0 Å². The van der Waals surface area contributed by atoms with E-state index in [-0.39, 0.29) is 17.4 Å². The lowest BCUT2D eigenvalue weighted by Crippen LogP contribution is -2.74. The molecule has 3 heterocycles. The first-order chi connectivity index (χ1) is 21.4. The summed E-state index contributed by atoms with van der Waals surface area (Å²) < 4.78 is 20.0. The Morgan fingerprint density at radius 2 is 1.48 bits per heavy atom. The van der Waals surface area contributed by atoms with Gasteiger partial charge in [-0.1, -0.05) is 91.0 Å². The maximum Gasteiger partial charge on any atom is 0.356 e. The van der Waals surface area contributed by atoms with Crippen molar-refractivity contribution in [1.82, 2.24) is 9.88 Å². The lowest BCUT2D eigenvalue weighted by molar-refractivity contribution is -0.153. The van der Waals surface area contributed by atoms with Gasteiger partial charge in [-0.05, 0) is 47.0 Å². The fourth-order valence-electron chi connectivity index (χ4n) is 5.54. The third-order valence-corrected chi connectivity index (χ3v) is 9.15. The summed E-state index contributed by atoms with van der Waals surface area (Å²) in [6.07, 6.45) is 4.26. The topological polar surface area (TPSA) is 96.9 Å². The van der Waals surface area contributed by atoms with E-state index in [1.165, 1.54) is 16.7 Å². The molecule has 1 aromatic heterocycles. The molecule has 44 heavy (non-hydrogen) atoms. The number of aromatic nitrogens is 1. The van der Waals surface area contributed by atoms with Crippen LogP contribution in [-0.4, -0.2) is 49.0 Å². The fraction of sp³-hybridized carbons (Fsp3) is 0.143. The van der Waals surface area contributed by atoms with Crippen LogP contribution in [0.25, 0.3) is 6.08 Å². The molecule has 1 fully saturated rings. The van der Waals surface area contributed by atoms with Crippen LogP contribution in [0.4, 0.5) is 5.69 Å². The summed E-state index contributed by atoms with van der Waals surface area (Å²) in [4.78, 5) is 47.9. The highest BCUT2D eigenvalue weighted by Gasteiger charge is 2.59. The molecule has 0 aliphatic carbocycles. The Balaban J connectivity index is 1.41. The average Bonchev–Trinajstić information content (AvgIpc) is 3.06. The van der Waals surface area contributed by atoms with E-state index in [0.717, 1.165) is 11.1 Å². The smallest absolute Gasteiger partial charge is 0.356 e. The molecule has 6 rings (SSSR count). The molecule has 0 bridgehead atoms. The van der Waals surface area contributed by atoms with Gasteiger partial charge in [0, 0.05) is 18.8 Å². The Morgan fingerprint density at radius 3 is 2.05 bits per heavy atom. The lowest BCUT2D eigenvalue weighted by Gasteiger charge is -2.52. The summed E-state index contributed by atoms with van der Waals surface area (Å²) >= 11 is 0. The zero-order valence-corrected chi connectivity index (χ0v) is 24.7. The molecule has 1 saturated heterocycles. The second kappa shape index (κ2) is 12.6. The molecule has 2 amide bonds. The average molecular weight is 604 g/mol. The highest BCUT2D eigenvalue weighted by molar-refractivity contribution is 7.86. The minimum atomic E-state index is -1.63. The fourth-order valence-corrected chi connectivity index (χ4v) is 7.22. The molecule has 0 saturated carbocycles. The van der Waals surface area contributed by atoms with Gasteiger partial charge in [-0.25, -0.2) is 4.79 Å². The standard InChI is InChI=1S/C35H29N3O5S/c1-24(39)37(29-18-9-4-10-19-29)31-33(40)38-30(27(23-44(42)34(31)38)20-21-28-17-11-12-22-36-28)35(41)43-32(25-13-5-2-6-14-25)26-15-7-3-8-16-26/h2-22,31-32,34H,23H2,1H3/t31?,34-,44?/m0/s1. The molecule has 0 radical (unpaired) electrons. The first-order valence-electron chi connectivity index (χ1n) is 14.1. The number of ether oxygens (including phenoxy) is 1. The predicted octanol–water partition coefficient (Wildman–Crippen LogP) is 5.03. The summed E-state index contributed by atoms with van der Waals surface area (Å²) in [5.41, 5.74) is 3.05. The minimum absolute atomic E-state index is 0.0106. The van der Waals surface area contributed by atoms with Crippen LogP contribution >= 0.6 is 0 Å². The Labute approximate surface area is 257 Å². The number of rotatable bonds is 8. The van der Waals surface area contributed by atoms with E-state index in [2.05, 4.69) is 4.98 Å². The predicted molar refractivity (Wildman–Crippen MR) is 168 cm³/mol. The Hall–Kier alpha value is -5.15. The van der Waals surface area contributed by atoms with Gasteiger partial charge in [0.05, 0.1) is 22.2 Å². The normalized spacial score (nSPS) is 19.5. The molecular weight excluding hydrogens is 574 g/mol. The number of allylic oxidation sites excluding steroid dienone is 1. The summed E-state index contributed by atoms with van der Waals surface area (Å²) in [6.45, 7) is 1.37. The molecule has 0 spiro atoms. The maximum atomic E-state index is 14.2. The van der Waals surface area contributed by atoms with Gasteiger partial charge in [-0.2, -0.15) is 0 Å². The molecule has 2 aliphatic rings. The van der Waals surface area contributed by atoms with Gasteiger partial charge in [0.25, 0.3) is 5.91 Å². The van der Waals surface area contributed by atoms with Crippen LogP contribution in [0.3, 0.4) is 0 Å². The number of hydrogen-bond donors (Lipinski definition) is 0.